The molecule has 1 heterocycles. The zero-order valence-corrected chi connectivity index (χ0v) is 15.3. The van der Waals surface area contributed by atoms with Crippen LogP contribution in [0.2, 0.25) is 0 Å². The molecule has 8 heteroatoms. The highest BCUT2D eigenvalue weighted by atomic mass is 32.2. The number of anilines is 1. The summed E-state index contributed by atoms with van der Waals surface area (Å²) in [5.41, 5.74) is 1.82. The van der Waals surface area contributed by atoms with E-state index in [1.165, 1.54) is 5.56 Å². The van der Waals surface area contributed by atoms with Gasteiger partial charge in [0.1, 0.15) is 0 Å². The van der Waals surface area contributed by atoms with Gasteiger partial charge in [0.25, 0.3) is 5.91 Å². The molecule has 1 aliphatic rings. The molecule has 1 aromatic carbocycles. The predicted molar refractivity (Wildman–Crippen MR) is 95.2 cm³/mol. The molecule has 1 fully saturated rings. The van der Waals surface area contributed by atoms with Gasteiger partial charge in [-0.05, 0) is 23.6 Å². The van der Waals surface area contributed by atoms with Gasteiger partial charge in [-0.25, -0.2) is 8.42 Å². The van der Waals surface area contributed by atoms with Gasteiger partial charge in [-0.2, -0.15) is 0 Å². The molecule has 1 N–H and O–H groups in total. The van der Waals surface area contributed by atoms with Gasteiger partial charge < -0.3 is 10.1 Å². The molecule has 0 radical (unpaired) electrons. The van der Waals surface area contributed by atoms with E-state index in [9.17, 15) is 18.0 Å². The number of esters is 1. The zero-order chi connectivity index (χ0) is 18.4. The van der Waals surface area contributed by atoms with Gasteiger partial charge in [0, 0.05) is 18.8 Å². The molecule has 2 rings (SSSR count). The van der Waals surface area contributed by atoms with Gasteiger partial charge in [-0.1, -0.05) is 26.0 Å². The third-order valence-electron chi connectivity index (χ3n) is 4.02. The van der Waals surface area contributed by atoms with Gasteiger partial charge in [0.15, 0.2) is 16.4 Å². The molecule has 25 heavy (non-hydrogen) atoms. The molecule has 1 saturated heterocycles. The van der Waals surface area contributed by atoms with Crippen molar-refractivity contribution >= 4 is 27.4 Å². The van der Waals surface area contributed by atoms with E-state index in [4.69, 9.17) is 4.74 Å². The number of nitrogens with zero attached hydrogens (tertiary/aromatic N) is 1. The number of carbonyl (C=O) groups excluding carboxylic acids is 2. The van der Waals surface area contributed by atoms with Crippen molar-refractivity contribution in [1.82, 2.24) is 4.90 Å². The van der Waals surface area contributed by atoms with Crippen LogP contribution in [0.5, 0.6) is 0 Å². The summed E-state index contributed by atoms with van der Waals surface area (Å²) in [6, 6.07) is 7.50. The first kappa shape index (κ1) is 19.4. The SMILES string of the molecule is CC(C)c1ccc(NC(=O)COC(=O)CN2CCS(=O)(=O)CC2)cc1. The van der Waals surface area contributed by atoms with Crippen molar-refractivity contribution in [2.75, 3.05) is 43.1 Å². The fraction of sp³-hybridized carbons (Fsp3) is 0.529. The molecule has 0 spiro atoms. The second-order valence-corrected chi connectivity index (χ2v) is 8.72. The maximum absolute atomic E-state index is 11.8. The molecule has 1 aliphatic heterocycles. The van der Waals surface area contributed by atoms with Gasteiger partial charge in [0.05, 0.1) is 18.1 Å². The standard InChI is InChI=1S/C17H24N2O5S/c1-13(2)14-3-5-15(6-4-14)18-16(20)12-24-17(21)11-19-7-9-25(22,23)10-8-19/h3-6,13H,7-12H2,1-2H3,(H,18,20). The van der Waals surface area contributed by atoms with Crippen LogP contribution in [0.15, 0.2) is 24.3 Å². The molecular weight excluding hydrogens is 344 g/mol. The van der Waals surface area contributed by atoms with Crippen LogP contribution in [0.4, 0.5) is 5.69 Å². The summed E-state index contributed by atoms with van der Waals surface area (Å²) in [6.07, 6.45) is 0. The van der Waals surface area contributed by atoms with Crippen molar-refractivity contribution in [2.24, 2.45) is 0 Å². The van der Waals surface area contributed by atoms with Crippen LogP contribution in [-0.2, 0) is 24.2 Å². The van der Waals surface area contributed by atoms with E-state index in [-0.39, 0.29) is 24.7 Å². The number of hydrogen-bond donors (Lipinski definition) is 1. The van der Waals surface area contributed by atoms with Crippen LogP contribution in [0.25, 0.3) is 0 Å². The number of benzene rings is 1. The van der Waals surface area contributed by atoms with Crippen molar-refractivity contribution in [2.45, 2.75) is 19.8 Å². The third-order valence-corrected chi connectivity index (χ3v) is 5.62. The summed E-state index contributed by atoms with van der Waals surface area (Å²) in [5, 5.41) is 2.67. The van der Waals surface area contributed by atoms with Crippen molar-refractivity contribution in [3.8, 4) is 0 Å². The van der Waals surface area contributed by atoms with Gasteiger partial charge in [-0.3, -0.25) is 14.5 Å². The smallest absolute Gasteiger partial charge is 0.320 e. The molecule has 0 saturated carbocycles. The summed E-state index contributed by atoms with van der Waals surface area (Å²) in [4.78, 5) is 25.3. The topological polar surface area (TPSA) is 92.8 Å². The molecular formula is C17H24N2O5S. The largest absolute Gasteiger partial charge is 0.455 e. The quantitative estimate of drug-likeness (QED) is 0.754. The van der Waals surface area contributed by atoms with E-state index in [0.29, 0.717) is 24.7 Å². The lowest BCUT2D eigenvalue weighted by Crippen LogP contribution is -2.43. The third kappa shape index (κ3) is 6.47. The van der Waals surface area contributed by atoms with Crippen LogP contribution in [-0.4, -0.2) is 62.9 Å². The Morgan fingerprint density at radius 3 is 2.32 bits per heavy atom. The summed E-state index contributed by atoms with van der Waals surface area (Å²) in [7, 11) is -2.98. The molecule has 0 unspecified atom stereocenters. The highest BCUT2D eigenvalue weighted by Crippen LogP contribution is 2.17. The lowest BCUT2D eigenvalue weighted by molar-refractivity contribution is -0.148. The average Bonchev–Trinajstić information content (AvgIpc) is 2.55. The maximum Gasteiger partial charge on any atom is 0.320 e. The molecule has 1 amide bonds. The number of carbonyl (C=O) groups is 2. The highest BCUT2D eigenvalue weighted by molar-refractivity contribution is 7.91. The van der Waals surface area contributed by atoms with E-state index in [2.05, 4.69) is 19.2 Å². The molecule has 0 aliphatic carbocycles. The van der Waals surface area contributed by atoms with Crippen LogP contribution in [0.1, 0.15) is 25.3 Å². The second-order valence-electron chi connectivity index (χ2n) is 6.41. The minimum Gasteiger partial charge on any atom is -0.455 e. The number of rotatable bonds is 6. The summed E-state index contributed by atoms with van der Waals surface area (Å²) in [6.45, 7) is 4.43. The fourth-order valence-corrected chi connectivity index (χ4v) is 3.71. The molecule has 0 atom stereocenters. The number of nitrogens with one attached hydrogen (secondary N) is 1. The second kappa shape index (κ2) is 8.44. The Balaban J connectivity index is 1.71. The highest BCUT2D eigenvalue weighted by Gasteiger charge is 2.23. The Kier molecular flexibility index (Phi) is 6.55. The van der Waals surface area contributed by atoms with Crippen LogP contribution in [0.3, 0.4) is 0 Å². The van der Waals surface area contributed by atoms with Gasteiger partial charge in [0.2, 0.25) is 0 Å². The summed E-state index contributed by atoms with van der Waals surface area (Å²) < 4.78 is 27.6. The van der Waals surface area contributed by atoms with Crippen LogP contribution < -0.4 is 5.32 Å². The van der Waals surface area contributed by atoms with Crippen LogP contribution in [0, 0.1) is 0 Å². The Bertz CT molecular complexity index is 699. The van der Waals surface area contributed by atoms with Crippen molar-refractivity contribution in [1.29, 1.82) is 0 Å². The average molecular weight is 368 g/mol. The molecule has 0 bridgehead atoms. The van der Waals surface area contributed by atoms with Gasteiger partial charge >= 0.3 is 5.97 Å². The monoisotopic (exact) mass is 368 g/mol. The van der Waals surface area contributed by atoms with Crippen molar-refractivity contribution in [3.05, 3.63) is 29.8 Å². The summed E-state index contributed by atoms with van der Waals surface area (Å²) in [5.74, 6) is -0.438. The summed E-state index contributed by atoms with van der Waals surface area (Å²) >= 11 is 0. The van der Waals surface area contributed by atoms with E-state index in [1.54, 1.807) is 4.90 Å². The minimum absolute atomic E-state index is 0.00805. The van der Waals surface area contributed by atoms with E-state index in [0.717, 1.165) is 0 Å². The number of hydrogen-bond acceptors (Lipinski definition) is 6. The Hall–Kier alpha value is -1.93. The molecule has 1 aromatic rings. The number of ether oxygens (including phenoxy) is 1. The molecule has 138 valence electrons. The molecule has 7 nitrogen and oxygen atoms in total. The lowest BCUT2D eigenvalue weighted by atomic mass is 10.0. The van der Waals surface area contributed by atoms with E-state index in [1.807, 2.05) is 24.3 Å². The van der Waals surface area contributed by atoms with Gasteiger partial charge in [-0.15, -0.1) is 0 Å². The zero-order valence-electron chi connectivity index (χ0n) is 14.5. The Labute approximate surface area is 148 Å². The predicted octanol–water partition coefficient (Wildman–Crippen LogP) is 1.02. The first-order chi connectivity index (χ1) is 11.7. The minimum atomic E-state index is -2.98. The van der Waals surface area contributed by atoms with Crippen LogP contribution >= 0.6 is 0 Å². The molecule has 0 aromatic heterocycles. The number of sulfone groups is 1. The first-order valence-electron chi connectivity index (χ1n) is 8.23. The first-order valence-corrected chi connectivity index (χ1v) is 10.1. The van der Waals surface area contributed by atoms with E-state index >= 15 is 0 Å². The Morgan fingerprint density at radius 1 is 1.16 bits per heavy atom. The van der Waals surface area contributed by atoms with Crippen molar-refractivity contribution < 1.29 is 22.7 Å². The fourth-order valence-electron chi connectivity index (χ4n) is 2.43. The maximum atomic E-state index is 11.8. The van der Waals surface area contributed by atoms with Crippen molar-refractivity contribution in [3.63, 3.8) is 0 Å². The lowest BCUT2D eigenvalue weighted by Gasteiger charge is -2.25. The normalized spacial score (nSPS) is 17.2. The Morgan fingerprint density at radius 2 is 1.76 bits per heavy atom. The number of amides is 1. The van der Waals surface area contributed by atoms with E-state index < -0.39 is 21.7 Å².